The number of halogens is 1. The first-order valence-corrected chi connectivity index (χ1v) is 6.11. The first kappa shape index (κ1) is 13.5. The fraction of sp³-hybridized carbons (Fsp3) is 0.214. The average molecular weight is 280 g/mol. The summed E-state index contributed by atoms with van der Waals surface area (Å²) in [7, 11) is 3.33. The first-order valence-electron chi connectivity index (χ1n) is 5.73. The minimum Gasteiger partial charge on any atom is -0.497 e. The van der Waals surface area contributed by atoms with Crippen LogP contribution < -0.4 is 4.74 Å². The number of rotatable bonds is 4. The summed E-state index contributed by atoms with van der Waals surface area (Å²) in [4.78, 5) is 13.7. The zero-order valence-electron chi connectivity index (χ0n) is 10.7. The highest BCUT2D eigenvalue weighted by Gasteiger charge is 2.17. The van der Waals surface area contributed by atoms with Gasteiger partial charge in [0.05, 0.1) is 18.9 Å². The van der Waals surface area contributed by atoms with Crippen molar-refractivity contribution in [2.45, 2.75) is 6.54 Å². The second-order valence-corrected chi connectivity index (χ2v) is 4.46. The van der Waals surface area contributed by atoms with E-state index in [0.717, 1.165) is 11.3 Å². The van der Waals surface area contributed by atoms with Crippen LogP contribution in [0.3, 0.4) is 0 Å². The molecule has 0 atom stereocenters. The summed E-state index contributed by atoms with van der Waals surface area (Å²) >= 11 is 5.79. The molecule has 1 amide bonds. The molecule has 0 bridgehead atoms. The van der Waals surface area contributed by atoms with E-state index < -0.39 is 0 Å². The molecule has 0 spiro atoms. The van der Waals surface area contributed by atoms with E-state index in [2.05, 4.69) is 0 Å². The minimum atomic E-state index is -0.172. The molecule has 2 aromatic rings. The van der Waals surface area contributed by atoms with Gasteiger partial charge in [-0.3, -0.25) is 4.79 Å². The quantitative estimate of drug-likeness (QED) is 0.863. The Balaban J connectivity index is 2.06. The van der Waals surface area contributed by atoms with Crippen molar-refractivity contribution in [2.75, 3.05) is 14.2 Å². The summed E-state index contributed by atoms with van der Waals surface area (Å²) in [6.45, 7) is 0.490. The number of methoxy groups -OCH3 is 1. The van der Waals surface area contributed by atoms with E-state index in [4.69, 9.17) is 20.8 Å². The maximum atomic E-state index is 12.1. The maximum Gasteiger partial charge on any atom is 0.258 e. The van der Waals surface area contributed by atoms with Gasteiger partial charge in [0.15, 0.2) is 0 Å². The molecule has 5 heteroatoms. The van der Waals surface area contributed by atoms with E-state index in [-0.39, 0.29) is 11.1 Å². The number of amides is 1. The van der Waals surface area contributed by atoms with Crippen molar-refractivity contribution in [2.24, 2.45) is 0 Å². The zero-order chi connectivity index (χ0) is 13.8. The summed E-state index contributed by atoms with van der Waals surface area (Å²) < 4.78 is 10.0. The van der Waals surface area contributed by atoms with Crippen LogP contribution in [-0.4, -0.2) is 25.0 Å². The van der Waals surface area contributed by atoms with Crippen molar-refractivity contribution < 1.29 is 13.9 Å². The van der Waals surface area contributed by atoms with Crippen LogP contribution in [-0.2, 0) is 6.54 Å². The third-order valence-corrected chi connectivity index (χ3v) is 3.07. The van der Waals surface area contributed by atoms with Crippen LogP contribution in [0, 0.1) is 0 Å². The Bertz CT molecular complexity index is 562. The monoisotopic (exact) mass is 279 g/mol. The van der Waals surface area contributed by atoms with E-state index in [1.165, 1.54) is 6.26 Å². The summed E-state index contributed by atoms with van der Waals surface area (Å²) in [6, 6.07) is 9.12. The normalized spacial score (nSPS) is 10.3. The molecule has 0 N–H and O–H groups in total. The fourth-order valence-corrected chi connectivity index (χ4v) is 1.92. The van der Waals surface area contributed by atoms with Gasteiger partial charge in [0.1, 0.15) is 5.75 Å². The molecule has 0 aliphatic heterocycles. The van der Waals surface area contributed by atoms with Gasteiger partial charge < -0.3 is 14.1 Å². The Morgan fingerprint density at radius 2 is 2.00 bits per heavy atom. The van der Waals surface area contributed by atoms with Gasteiger partial charge in [-0.25, -0.2) is 0 Å². The predicted octanol–water partition coefficient (Wildman–Crippen LogP) is 3.21. The summed E-state index contributed by atoms with van der Waals surface area (Å²) in [5, 5.41) is 0.117. The van der Waals surface area contributed by atoms with Crippen LogP contribution >= 0.6 is 11.6 Å². The third-order valence-electron chi connectivity index (χ3n) is 2.77. The molecule has 1 heterocycles. The number of ether oxygens (including phenoxy) is 1. The van der Waals surface area contributed by atoms with Crippen molar-refractivity contribution in [3.05, 3.63) is 52.9 Å². The third kappa shape index (κ3) is 3.09. The molecule has 4 nitrogen and oxygen atoms in total. The first-order chi connectivity index (χ1) is 9.11. The molecule has 100 valence electrons. The van der Waals surface area contributed by atoms with E-state index in [0.29, 0.717) is 12.1 Å². The molecule has 0 saturated carbocycles. The van der Waals surface area contributed by atoms with E-state index >= 15 is 0 Å². The molecule has 0 fully saturated rings. The molecule has 0 saturated heterocycles. The maximum absolute atomic E-state index is 12.1. The van der Waals surface area contributed by atoms with Gasteiger partial charge in [0.25, 0.3) is 5.91 Å². The highest BCUT2D eigenvalue weighted by molar-refractivity contribution is 6.32. The second kappa shape index (κ2) is 5.80. The number of benzene rings is 1. The molecule has 19 heavy (non-hydrogen) atoms. The topological polar surface area (TPSA) is 42.7 Å². The molecule has 1 aromatic heterocycles. The standard InChI is InChI=1S/C14H14ClNO3/c1-16(14(17)12-7-8-19-13(12)15)9-10-3-5-11(18-2)6-4-10/h3-8H,9H2,1-2H3. The molecular weight excluding hydrogens is 266 g/mol. The summed E-state index contributed by atoms with van der Waals surface area (Å²) in [5.74, 6) is 0.616. The van der Waals surface area contributed by atoms with Crippen LogP contribution in [0.25, 0.3) is 0 Å². The number of hydrogen-bond donors (Lipinski definition) is 0. The van der Waals surface area contributed by atoms with Gasteiger partial charge in [-0.1, -0.05) is 12.1 Å². The molecule has 0 aliphatic carbocycles. The minimum absolute atomic E-state index is 0.117. The highest BCUT2D eigenvalue weighted by atomic mass is 35.5. The number of nitrogens with zero attached hydrogens (tertiary/aromatic N) is 1. The van der Waals surface area contributed by atoms with Gasteiger partial charge >= 0.3 is 0 Å². The van der Waals surface area contributed by atoms with E-state index in [1.54, 1.807) is 25.1 Å². The lowest BCUT2D eigenvalue weighted by atomic mass is 10.2. The lowest BCUT2D eigenvalue weighted by Gasteiger charge is -2.16. The Labute approximate surface area is 116 Å². The SMILES string of the molecule is COc1ccc(CN(C)C(=O)c2ccoc2Cl)cc1. The Kier molecular flexibility index (Phi) is 4.12. The fourth-order valence-electron chi connectivity index (χ4n) is 1.73. The number of hydrogen-bond acceptors (Lipinski definition) is 3. The van der Waals surface area contributed by atoms with Crippen LogP contribution in [0.1, 0.15) is 15.9 Å². The predicted molar refractivity (Wildman–Crippen MR) is 72.5 cm³/mol. The van der Waals surface area contributed by atoms with Gasteiger partial charge in [0.2, 0.25) is 5.22 Å². The zero-order valence-corrected chi connectivity index (χ0v) is 11.5. The number of furan rings is 1. The Hall–Kier alpha value is -1.94. The molecule has 1 aromatic carbocycles. The van der Waals surface area contributed by atoms with Crippen LogP contribution in [0.5, 0.6) is 5.75 Å². The van der Waals surface area contributed by atoms with Crippen molar-refractivity contribution in [3.8, 4) is 5.75 Å². The molecular formula is C14H14ClNO3. The molecule has 0 unspecified atom stereocenters. The van der Waals surface area contributed by atoms with Crippen molar-refractivity contribution in [1.29, 1.82) is 0 Å². The second-order valence-electron chi connectivity index (χ2n) is 4.12. The lowest BCUT2D eigenvalue weighted by Crippen LogP contribution is -2.26. The van der Waals surface area contributed by atoms with Gasteiger partial charge in [-0.2, -0.15) is 0 Å². The van der Waals surface area contributed by atoms with Gasteiger partial charge in [-0.05, 0) is 35.4 Å². The largest absolute Gasteiger partial charge is 0.497 e. The van der Waals surface area contributed by atoms with Gasteiger partial charge in [-0.15, -0.1) is 0 Å². The Morgan fingerprint density at radius 3 is 2.53 bits per heavy atom. The van der Waals surface area contributed by atoms with Crippen LogP contribution in [0.4, 0.5) is 0 Å². The van der Waals surface area contributed by atoms with E-state index in [1.807, 2.05) is 24.3 Å². The molecule has 2 rings (SSSR count). The number of carbonyl (C=O) groups excluding carboxylic acids is 1. The smallest absolute Gasteiger partial charge is 0.258 e. The van der Waals surface area contributed by atoms with Crippen molar-refractivity contribution in [1.82, 2.24) is 4.90 Å². The summed E-state index contributed by atoms with van der Waals surface area (Å²) in [6.07, 6.45) is 1.40. The van der Waals surface area contributed by atoms with E-state index in [9.17, 15) is 4.79 Å². The van der Waals surface area contributed by atoms with Crippen LogP contribution in [0.2, 0.25) is 5.22 Å². The number of carbonyl (C=O) groups is 1. The highest BCUT2D eigenvalue weighted by Crippen LogP contribution is 2.19. The molecule has 0 aliphatic rings. The van der Waals surface area contributed by atoms with Gasteiger partial charge in [0, 0.05) is 13.6 Å². The average Bonchev–Trinajstić information content (AvgIpc) is 2.85. The lowest BCUT2D eigenvalue weighted by molar-refractivity contribution is 0.0784. The van der Waals surface area contributed by atoms with Crippen molar-refractivity contribution in [3.63, 3.8) is 0 Å². The molecule has 0 radical (unpaired) electrons. The Morgan fingerprint density at radius 1 is 1.32 bits per heavy atom. The van der Waals surface area contributed by atoms with Crippen LogP contribution in [0.15, 0.2) is 41.0 Å². The summed E-state index contributed by atoms with van der Waals surface area (Å²) in [5.41, 5.74) is 1.38. The van der Waals surface area contributed by atoms with Crippen molar-refractivity contribution >= 4 is 17.5 Å².